The van der Waals surface area contributed by atoms with Crippen molar-refractivity contribution in [2.45, 2.75) is 25.9 Å². The minimum Gasteiger partial charge on any atom is -0.495 e. The van der Waals surface area contributed by atoms with Crippen LogP contribution < -0.4 is 10.3 Å². The fraction of sp³-hybridized carbons (Fsp3) is 0.357. The summed E-state index contributed by atoms with van der Waals surface area (Å²) in [6, 6.07) is 2.28. The van der Waals surface area contributed by atoms with Gasteiger partial charge >= 0.3 is 0 Å². The number of fused-ring (bicyclic) bond motifs is 1. The highest BCUT2D eigenvalue weighted by atomic mass is 35.5. The number of ether oxygens (including phenoxy) is 1. The number of halogens is 3. The van der Waals surface area contributed by atoms with Gasteiger partial charge in [-0.15, -0.1) is 0 Å². The van der Waals surface area contributed by atoms with Crippen molar-refractivity contribution in [3.05, 3.63) is 39.3 Å². The maximum Gasteiger partial charge on any atom is 0.277 e. The highest BCUT2D eigenvalue weighted by Gasteiger charge is 2.26. The van der Waals surface area contributed by atoms with E-state index in [0.29, 0.717) is 13.1 Å². The average molecular weight is 315 g/mol. The molecule has 0 saturated carbocycles. The lowest BCUT2D eigenvalue weighted by Crippen LogP contribution is -2.27. The molecule has 1 aliphatic heterocycles. The second-order valence-corrected chi connectivity index (χ2v) is 5.30. The molecule has 4 nitrogen and oxygen atoms in total. The Labute approximate surface area is 124 Å². The Kier molecular flexibility index (Phi) is 3.49. The van der Waals surface area contributed by atoms with Crippen molar-refractivity contribution in [3.8, 4) is 16.9 Å². The first-order valence-electron chi connectivity index (χ1n) is 6.57. The van der Waals surface area contributed by atoms with Crippen LogP contribution in [-0.2, 0) is 13.1 Å². The summed E-state index contributed by atoms with van der Waals surface area (Å²) in [6.45, 7) is 0.843. The van der Waals surface area contributed by atoms with Crippen LogP contribution in [-0.4, -0.2) is 16.5 Å². The molecule has 0 aliphatic carbocycles. The van der Waals surface area contributed by atoms with Crippen LogP contribution in [0.2, 0.25) is 5.02 Å². The number of hydrogen-bond donors (Lipinski definition) is 0. The normalized spacial score (nSPS) is 14.1. The molecule has 0 fully saturated rings. The molecule has 0 radical (unpaired) electrons. The molecule has 1 aromatic carbocycles. The van der Waals surface area contributed by atoms with Gasteiger partial charge in [0.05, 0.1) is 12.1 Å². The van der Waals surface area contributed by atoms with E-state index in [4.69, 9.17) is 16.3 Å². The third kappa shape index (κ3) is 2.14. The second kappa shape index (κ2) is 5.18. The molecule has 0 bridgehead atoms. The minimum atomic E-state index is -0.750. The summed E-state index contributed by atoms with van der Waals surface area (Å²) in [5, 5.41) is 0.0724. The number of hydrogen-bond acceptors (Lipinski definition) is 2. The predicted octanol–water partition coefficient (Wildman–Crippen LogP) is 3.05. The van der Waals surface area contributed by atoms with E-state index in [1.165, 1.54) is 22.5 Å². The Morgan fingerprint density at radius 1 is 1.19 bits per heavy atom. The van der Waals surface area contributed by atoms with Crippen molar-refractivity contribution in [3.63, 3.8) is 0 Å². The molecule has 2 heterocycles. The van der Waals surface area contributed by atoms with Gasteiger partial charge in [-0.3, -0.25) is 9.48 Å². The van der Waals surface area contributed by atoms with Gasteiger partial charge in [0, 0.05) is 18.7 Å². The summed E-state index contributed by atoms with van der Waals surface area (Å²) in [4.78, 5) is 12.3. The van der Waals surface area contributed by atoms with Crippen molar-refractivity contribution >= 4 is 11.6 Å². The van der Waals surface area contributed by atoms with E-state index in [1.807, 2.05) is 0 Å². The van der Waals surface area contributed by atoms with Crippen molar-refractivity contribution in [1.29, 1.82) is 0 Å². The first-order chi connectivity index (χ1) is 10.0. The van der Waals surface area contributed by atoms with Crippen LogP contribution in [0.1, 0.15) is 12.8 Å². The molecule has 0 saturated heterocycles. The van der Waals surface area contributed by atoms with E-state index in [-0.39, 0.29) is 21.9 Å². The van der Waals surface area contributed by atoms with Crippen molar-refractivity contribution in [1.82, 2.24) is 9.36 Å². The Morgan fingerprint density at radius 2 is 1.86 bits per heavy atom. The second-order valence-electron chi connectivity index (χ2n) is 4.89. The molecule has 1 aromatic heterocycles. The third-order valence-electron chi connectivity index (χ3n) is 3.67. The fourth-order valence-electron chi connectivity index (χ4n) is 2.63. The van der Waals surface area contributed by atoms with Crippen LogP contribution in [0.3, 0.4) is 0 Å². The van der Waals surface area contributed by atoms with Crippen LogP contribution in [0, 0.1) is 11.8 Å². The molecular formula is C14H13ClF2N2O2. The zero-order chi connectivity index (χ0) is 15.1. The van der Waals surface area contributed by atoms with Crippen LogP contribution in [0.4, 0.5) is 8.78 Å². The molecule has 0 atom stereocenters. The van der Waals surface area contributed by atoms with E-state index in [2.05, 4.69) is 0 Å². The molecule has 2 aromatic rings. The summed E-state index contributed by atoms with van der Waals surface area (Å²) in [6.07, 6.45) is 1.59. The van der Waals surface area contributed by atoms with Crippen molar-refractivity contribution in [2.24, 2.45) is 0 Å². The molecule has 0 amide bonds. The van der Waals surface area contributed by atoms with Crippen molar-refractivity contribution < 1.29 is 13.5 Å². The predicted molar refractivity (Wildman–Crippen MR) is 74.8 cm³/mol. The van der Waals surface area contributed by atoms with Gasteiger partial charge in [-0.25, -0.2) is 9.07 Å². The van der Waals surface area contributed by atoms with E-state index in [0.717, 1.165) is 18.9 Å². The highest BCUT2D eigenvalue weighted by molar-refractivity contribution is 6.32. The largest absolute Gasteiger partial charge is 0.495 e. The van der Waals surface area contributed by atoms with Gasteiger partial charge < -0.3 is 4.74 Å². The summed E-state index contributed by atoms with van der Waals surface area (Å²) in [7, 11) is 1.37. The van der Waals surface area contributed by atoms with Gasteiger partial charge in [-0.1, -0.05) is 11.6 Å². The molecular weight excluding hydrogens is 302 g/mol. The Hall–Kier alpha value is -1.82. The lowest BCUT2D eigenvalue weighted by molar-refractivity contribution is 0.310. The van der Waals surface area contributed by atoms with E-state index in [1.54, 1.807) is 0 Å². The van der Waals surface area contributed by atoms with E-state index >= 15 is 0 Å². The fourth-order valence-corrected chi connectivity index (χ4v) is 2.86. The van der Waals surface area contributed by atoms with Gasteiger partial charge in [0.2, 0.25) is 5.95 Å². The average Bonchev–Trinajstić information content (AvgIpc) is 2.72. The molecule has 1 aliphatic rings. The van der Waals surface area contributed by atoms with E-state index < -0.39 is 17.3 Å². The van der Waals surface area contributed by atoms with Gasteiger partial charge in [-0.2, -0.15) is 4.39 Å². The zero-order valence-corrected chi connectivity index (χ0v) is 12.1. The topological polar surface area (TPSA) is 36.2 Å². The smallest absolute Gasteiger partial charge is 0.277 e. The minimum absolute atomic E-state index is 0.0724. The zero-order valence-electron chi connectivity index (χ0n) is 11.3. The lowest BCUT2D eigenvalue weighted by atomic mass is 10.1. The first-order valence-corrected chi connectivity index (χ1v) is 6.95. The Morgan fingerprint density at radius 3 is 2.48 bits per heavy atom. The van der Waals surface area contributed by atoms with E-state index in [9.17, 15) is 13.6 Å². The lowest BCUT2D eigenvalue weighted by Gasteiger charge is -2.16. The molecule has 112 valence electrons. The Bertz CT molecular complexity index is 767. The molecule has 0 spiro atoms. The van der Waals surface area contributed by atoms with Crippen LogP contribution >= 0.6 is 11.6 Å². The summed E-state index contributed by atoms with van der Waals surface area (Å²) in [5.74, 6) is -1.27. The monoisotopic (exact) mass is 314 g/mol. The highest BCUT2D eigenvalue weighted by Crippen LogP contribution is 2.33. The third-order valence-corrected chi connectivity index (χ3v) is 3.97. The SMILES string of the molecule is COc1cc(-c2c(F)n3n(c2=O)CCCC3)c(F)cc1Cl. The van der Waals surface area contributed by atoms with Crippen molar-refractivity contribution in [2.75, 3.05) is 7.11 Å². The number of methoxy groups -OCH3 is 1. The number of aromatic nitrogens is 2. The first kappa shape index (κ1) is 14.1. The van der Waals surface area contributed by atoms with Gasteiger partial charge in [0.1, 0.15) is 17.1 Å². The summed E-state index contributed by atoms with van der Waals surface area (Å²) >= 11 is 5.82. The van der Waals surface area contributed by atoms with Gasteiger partial charge in [0.15, 0.2) is 0 Å². The number of nitrogens with zero attached hydrogens (tertiary/aromatic N) is 2. The van der Waals surface area contributed by atoms with Crippen LogP contribution in [0.15, 0.2) is 16.9 Å². The van der Waals surface area contributed by atoms with Crippen LogP contribution in [0.5, 0.6) is 5.75 Å². The maximum atomic E-state index is 14.5. The van der Waals surface area contributed by atoms with Gasteiger partial charge in [0.25, 0.3) is 5.56 Å². The standard InChI is InChI=1S/C14H13ClF2N2O2/c1-21-11-6-8(10(16)7-9(11)15)12-13(17)18-4-2-3-5-19(18)14(12)20/h6-7H,2-5H2,1H3. The summed E-state index contributed by atoms with van der Waals surface area (Å²) < 4.78 is 36.2. The molecule has 21 heavy (non-hydrogen) atoms. The quantitative estimate of drug-likeness (QED) is 0.854. The molecule has 7 heteroatoms. The molecule has 0 unspecified atom stereocenters. The number of benzene rings is 1. The van der Waals surface area contributed by atoms with Crippen LogP contribution in [0.25, 0.3) is 11.1 Å². The Balaban J connectivity index is 2.27. The molecule has 0 N–H and O–H groups in total. The molecule has 3 rings (SSSR count). The summed E-state index contributed by atoms with van der Waals surface area (Å²) in [5.41, 5.74) is -0.937. The van der Waals surface area contributed by atoms with Gasteiger partial charge in [-0.05, 0) is 25.0 Å². The number of rotatable bonds is 2. The maximum absolute atomic E-state index is 14.5.